The molecule has 0 aromatic heterocycles. The highest BCUT2D eigenvalue weighted by Gasteiger charge is 2.32. The summed E-state index contributed by atoms with van der Waals surface area (Å²) < 4.78 is 23.2. The van der Waals surface area contributed by atoms with E-state index in [-0.39, 0.29) is 12.2 Å². The number of ether oxygens (including phenoxy) is 4. The van der Waals surface area contributed by atoms with Crippen LogP contribution >= 0.6 is 0 Å². The Morgan fingerprint density at radius 2 is 1.93 bits per heavy atom. The smallest absolute Gasteiger partial charge is 0.194 e. The molecule has 0 radical (unpaired) electrons. The molecule has 3 heterocycles. The molecule has 7 nitrogen and oxygen atoms in total. The van der Waals surface area contributed by atoms with Gasteiger partial charge in [-0.3, -0.25) is 4.99 Å². The lowest BCUT2D eigenvalue weighted by Crippen LogP contribution is -2.53. The number of hydrogen-bond donors (Lipinski definition) is 1. The minimum absolute atomic E-state index is 0.123. The molecule has 0 amide bonds. The standard InChI is InChI=1S/C20H29N3O4/c1-21-20(23-7-11-27-19(14-23)16-4-2-8-24-16)22-13-15-5-6-17-18(12-15)26-10-3-9-25-17/h5-6,12,16,19H,2-4,7-11,13-14H2,1H3,(H,21,22). The molecule has 148 valence electrons. The Labute approximate surface area is 160 Å². The Hall–Kier alpha value is -1.99. The molecule has 1 aromatic rings. The zero-order valence-corrected chi connectivity index (χ0v) is 16.0. The average Bonchev–Trinajstić information content (AvgIpc) is 3.15. The number of morpholine rings is 1. The maximum absolute atomic E-state index is 5.94. The van der Waals surface area contributed by atoms with Crippen LogP contribution in [0.3, 0.4) is 0 Å². The minimum Gasteiger partial charge on any atom is -0.490 e. The van der Waals surface area contributed by atoms with E-state index in [1.165, 1.54) is 0 Å². The van der Waals surface area contributed by atoms with E-state index in [2.05, 4.69) is 27.3 Å². The average molecular weight is 375 g/mol. The van der Waals surface area contributed by atoms with Gasteiger partial charge < -0.3 is 29.2 Å². The van der Waals surface area contributed by atoms with E-state index < -0.39 is 0 Å². The van der Waals surface area contributed by atoms with Crippen molar-refractivity contribution in [1.82, 2.24) is 10.2 Å². The third-order valence-corrected chi connectivity index (χ3v) is 5.25. The predicted octanol–water partition coefficient (Wildman–Crippen LogP) is 1.80. The molecule has 1 aromatic carbocycles. The van der Waals surface area contributed by atoms with Crippen molar-refractivity contribution >= 4 is 5.96 Å². The van der Waals surface area contributed by atoms with Gasteiger partial charge in [0.05, 0.1) is 25.9 Å². The van der Waals surface area contributed by atoms with Gasteiger partial charge in [-0.1, -0.05) is 6.07 Å². The number of nitrogens with one attached hydrogen (secondary N) is 1. The van der Waals surface area contributed by atoms with Crippen LogP contribution < -0.4 is 14.8 Å². The predicted molar refractivity (Wildman–Crippen MR) is 103 cm³/mol. The summed E-state index contributed by atoms with van der Waals surface area (Å²) in [6.07, 6.45) is 3.46. The summed E-state index contributed by atoms with van der Waals surface area (Å²) in [6.45, 7) is 5.29. The fourth-order valence-electron chi connectivity index (χ4n) is 3.82. The van der Waals surface area contributed by atoms with Crippen molar-refractivity contribution in [2.24, 2.45) is 4.99 Å². The SMILES string of the molecule is CN=C(NCc1ccc2c(c1)OCCCO2)N1CCOC(C2CCCO2)C1. The number of hydrogen-bond acceptors (Lipinski definition) is 5. The second-order valence-electron chi connectivity index (χ2n) is 7.14. The normalized spacial score (nSPS) is 26.0. The summed E-state index contributed by atoms with van der Waals surface area (Å²) in [5.41, 5.74) is 1.14. The molecule has 2 fully saturated rings. The Bertz CT molecular complexity index is 661. The summed E-state index contributed by atoms with van der Waals surface area (Å²) in [4.78, 5) is 6.73. The van der Waals surface area contributed by atoms with Crippen molar-refractivity contribution in [3.63, 3.8) is 0 Å². The van der Waals surface area contributed by atoms with E-state index in [4.69, 9.17) is 18.9 Å². The summed E-state index contributed by atoms with van der Waals surface area (Å²) >= 11 is 0. The first-order valence-corrected chi connectivity index (χ1v) is 9.91. The van der Waals surface area contributed by atoms with Crippen molar-refractivity contribution < 1.29 is 18.9 Å². The Kier molecular flexibility index (Phi) is 5.99. The van der Waals surface area contributed by atoms with Gasteiger partial charge in [0.25, 0.3) is 0 Å². The maximum atomic E-state index is 5.94. The van der Waals surface area contributed by atoms with E-state index in [1.54, 1.807) is 0 Å². The number of benzene rings is 1. The first-order valence-electron chi connectivity index (χ1n) is 9.91. The van der Waals surface area contributed by atoms with Crippen LogP contribution in [-0.4, -0.2) is 69.6 Å². The molecule has 0 spiro atoms. The van der Waals surface area contributed by atoms with Crippen molar-refractivity contribution in [2.75, 3.05) is 46.6 Å². The fourth-order valence-corrected chi connectivity index (χ4v) is 3.82. The lowest BCUT2D eigenvalue weighted by molar-refractivity contribution is -0.0817. The first kappa shape index (κ1) is 18.4. The quantitative estimate of drug-likeness (QED) is 0.642. The van der Waals surface area contributed by atoms with Gasteiger partial charge in [-0.2, -0.15) is 0 Å². The maximum Gasteiger partial charge on any atom is 0.194 e. The summed E-state index contributed by atoms with van der Waals surface area (Å²) in [5.74, 6) is 2.55. The van der Waals surface area contributed by atoms with Gasteiger partial charge >= 0.3 is 0 Å². The molecule has 4 rings (SSSR count). The molecule has 3 aliphatic heterocycles. The van der Waals surface area contributed by atoms with Crippen LogP contribution in [0.2, 0.25) is 0 Å². The van der Waals surface area contributed by atoms with Crippen LogP contribution in [0.1, 0.15) is 24.8 Å². The molecule has 2 saturated heterocycles. The Balaban J connectivity index is 1.35. The number of nitrogens with zero attached hydrogens (tertiary/aromatic N) is 2. The number of fused-ring (bicyclic) bond motifs is 1. The van der Waals surface area contributed by atoms with Gasteiger partial charge in [0.15, 0.2) is 17.5 Å². The zero-order chi connectivity index (χ0) is 18.5. The molecule has 0 aliphatic carbocycles. The van der Waals surface area contributed by atoms with Gasteiger partial charge in [-0.25, -0.2) is 0 Å². The van der Waals surface area contributed by atoms with E-state index in [0.29, 0.717) is 26.4 Å². The van der Waals surface area contributed by atoms with Crippen LogP contribution in [0.4, 0.5) is 0 Å². The molecular formula is C20H29N3O4. The van der Waals surface area contributed by atoms with Crippen molar-refractivity contribution in [1.29, 1.82) is 0 Å². The molecule has 0 saturated carbocycles. The molecule has 7 heteroatoms. The molecule has 3 aliphatic rings. The number of aliphatic imine (C=N–C) groups is 1. The second kappa shape index (κ2) is 8.80. The second-order valence-corrected chi connectivity index (χ2v) is 7.14. The topological polar surface area (TPSA) is 64.6 Å². The third kappa shape index (κ3) is 4.47. The summed E-state index contributed by atoms with van der Waals surface area (Å²) in [6, 6.07) is 6.11. The molecule has 2 unspecified atom stereocenters. The van der Waals surface area contributed by atoms with Crippen LogP contribution in [0.15, 0.2) is 23.2 Å². The van der Waals surface area contributed by atoms with Crippen molar-refractivity contribution in [3.05, 3.63) is 23.8 Å². The first-order chi connectivity index (χ1) is 13.3. The minimum atomic E-state index is 0.123. The molecule has 2 atom stereocenters. The van der Waals surface area contributed by atoms with Gasteiger partial charge in [-0.15, -0.1) is 0 Å². The van der Waals surface area contributed by atoms with Crippen LogP contribution in [0, 0.1) is 0 Å². The molecule has 27 heavy (non-hydrogen) atoms. The molecular weight excluding hydrogens is 346 g/mol. The summed E-state index contributed by atoms with van der Waals surface area (Å²) in [7, 11) is 1.83. The lowest BCUT2D eigenvalue weighted by Gasteiger charge is -2.37. The van der Waals surface area contributed by atoms with Crippen LogP contribution in [0.5, 0.6) is 11.5 Å². The van der Waals surface area contributed by atoms with Crippen molar-refractivity contribution in [3.8, 4) is 11.5 Å². The number of guanidine groups is 1. The van der Waals surface area contributed by atoms with Crippen LogP contribution in [0.25, 0.3) is 0 Å². The lowest BCUT2D eigenvalue weighted by atomic mass is 10.1. The highest BCUT2D eigenvalue weighted by Crippen LogP contribution is 2.30. The highest BCUT2D eigenvalue weighted by molar-refractivity contribution is 5.80. The van der Waals surface area contributed by atoms with E-state index in [0.717, 1.165) is 62.0 Å². The largest absolute Gasteiger partial charge is 0.490 e. The van der Waals surface area contributed by atoms with Crippen molar-refractivity contribution in [2.45, 2.75) is 38.0 Å². The third-order valence-electron chi connectivity index (χ3n) is 5.25. The van der Waals surface area contributed by atoms with E-state index in [1.807, 2.05) is 13.1 Å². The fraction of sp³-hybridized carbons (Fsp3) is 0.650. The summed E-state index contributed by atoms with van der Waals surface area (Å²) in [5, 5.41) is 3.47. The Morgan fingerprint density at radius 1 is 1.07 bits per heavy atom. The van der Waals surface area contributed by atoms with E-state index in [9.17, 15) is 0 Å². The number of rotatable bonds is 3. The molecule has 0 bridgehead atoms. The van der Waals surface area contributed by atoms with Gasteiger partial charge in [-0.05, 0) is 30.5 Å². The Morgan fingerprint density at radius 3 is 2.74 bits per heavy atom. The van der Waals surface area contributed by atoms with Gasteiger partial charge in [0.1, 0.15) is 6.10 Å². The zero-order valence-electron chi connectivity index (χ0n) is 16.0. The molecule has 1 N–H and O–H groups in total. The monoisotopic (exact) mass is 375 g/mol. The highest BCUT2D eigenvalue weighted by atomic mass is 16.5. The van der Waals surface area contributed by atoms with Crippen LogP contribution in [-0.2, 0) is 16.0 Å². The van der Waals surface area contributed by atoms with E-state index >= 15 is 0 Å². The van der Waals surface area contributed by atoms with Gasteiger partial charge in [0, 0.05) is 39.7 Å². The van der Waals surface area contributed by atoms with Gasteiger partial charge in [0.2, 0.25) is 0 Å².